The third kappa shape index (κ3) is 2.50. The van der Waals surface area contributed by atoms with Gasteiger partial charge in [-0.2, -0.15) is 0 Å². The van der Waals surface area contributed by atoms with E-state index in [-0.39, 0.29) is 5.91 Å². The van der Waals surface area contributed by atoms with Crippen LogP contribution in [-0.2, 0) is 0 Å². The van der Waals surface area contributed by atoms with Gasteiger partial charge < -0.3 is 10.0 Å². The first-order valence-corrected chi connectivity index (χ1v) is 6.12. The van der Waals surface area contributed by atoms with Crippen LogP contribution in [-0.4, -0.2) is 34.6 Å². The Labute approximate surface area is 102 Å². The summed E-state index contributed by atoms with van der Waals surface area (Å²) < 4.78 is 0. The maximum Gasteiger partial charge on any atom is 0.254 e. The van der Waals surface area contributed by atoms with Crippen LogP contribution in [0.15, 0.2) is 24.3 Å². The van der Waals surface area contributed by atoms with E-state index < -0.39 is 5.60 Å². The summed E-state index contributed by atoms with van der Waals surface area (Å²) in [7, 11) is 0. The van der Waals surface area contributed by atoms with E-state index in [2.05, 4.69) is 0 Å². The fourth-order valence-corrected chi connectivity index (χ4v) is 2.39. The van der Waals surface area contributed by atoms with Crippen molar-refractivity contribution in [3.8, 4) is 0 Å². The predicted molar refractivity (Wildman–Crippen MR) is 66.9 cm³/mol. The Morgan fingerprint density at radius 1 is 1.47 bits per heavy atom. The van der Waals surface area contributed by atoms with Crippen LogP contribution in [0, 0.1) is 6.92 Å². The van der Waals surface area contributed by atoms with Crippen molar-refractivity contribution < 1.29 is 9.90 Å². The molecule has 1 amide bonds. The lowest BCUT2D eigenvalue weighted by Gasteiger charge is -2.46. The molecule has 92 valence electrons. The Hall–Kier alpha value is -1.35. The Morgan fingerprint density at radius 3 is 2.76 bits per heavy atom. The molecule has 1 saturated heterocycles. The molecule has 1 aliphatic rings. The van der Waals surface area contributed by atoms with Gasteiger partial charge in [-0.25, -0.2) is 0 Å². The lowest BCUT2D eigenvalue weighted by Crippen LogP contribution is -2.63. The van der Waals surface area contributed by atoms with Crippen LogP contribution in [0.5, 0.6) is 0 Å². The van der Waals surface area contributed by atoms with Gasteiger partial charge in [-0.3, -0.25) is 4.79 Å². The van der Waals surface area contributed by atoms with Crippen LogP contribution in [0.2, 0.25) is 0 Å². The number of amides is 1. The monoisotopic (exact) mass is 233 g/mol. The number of carbonyl (C=O) groups excluding carboxylic acids is 1. The average Bonchev–Trinajstić information content (AvgIpc) is 2.25. The van der Waals surface area contributed by atoms with Crippen molar-refractivity contribution in [2.24, 2.45) is 0 Å². The summed E-state index contributed by atoms with van der Waals surface area (Å²) in [6, 6.07) is 7.58. The molecule has 0 atom stereocenters. The smallest absolute Gasteiger partial charge is 0.254 e. The summed E-state index contributed by atoms with van der Waals surface area (Å²) in [6.07, 6.45) is 1.72. The highest BCUT2D eigenvalue weighted by Crippen LogP contribution is 2.27. The second-order valence-electron chi connectivity index (χ2n) is 5.01. The topological polar surface area (TPSA) is 40.5 Å². The van der Waals surface area contributed by atoms with Crippen molar-refractivity contribution in [3.63, 3.8) is 0 Å². The van der Waals surface area contributed by atoms with E-state index in [0.29, 0.717) is 18.7 Å². The summed E-state index contributed by atoms with van der Waals surface area (Å²) in [5, 5.41) is 10.0. The number of benzene rings is 1. The molecule has 1 heterocycles. The number of carbonyl (C=O) groups is 1. The van der Waals surface area contributed by atoms with Crippen LogP contribution < -0.4 is 0 Å². The molecule has 0 unspecified atom stereocenters. The molecule has 0 saturated carbocycles. The zero-order chi connectivity index (χ0) is 12.5. The van der Waals surface area contributed by atoms with Gasteiger partial charge in [0.2, 0.25) is 0 Å². The van der Waals surface area contributed by atoms with Gasteiger partial charge in [-0.15, -0.1) is 0 Å². The van der Waals surface area contributed by atoms with Gasteiger partial charge in [-0.05, 0) is 25.5 Å². The minimum absolute atomic E-state index is 0.0227. The van der Waals surface area contributed by atoms with E-state index in [1.807, 2.05) is 38.1 Å². The number of aliphatic hydroxyl groups is 1. The first-order valence-electron chi connectivity index (χ1n) is 6.12. The number of aryl methyl sites for hydroxylation is 1. The summed E-state index contributed by atoms with van der Waals surface area (Å²) in [4.78, 5) is 13.8. The van der Waals surface area contributed by atoms with E-state index in [0.717, 1.165) is 18.4 Å². The molecule has 0 radical (unpaired) electrons. The fourth-order valence-electron chi connectivity index (χ4n) is 2.39. The predicted octanol–water partition coefficient (Wildman–Crippen LogP) is 1.98. The Bertz CT molecular complexity index is 422. The third-order valence-electron chi connectivity index (χ3n) is 3.24. The summed E-state index contributed by atoms with van der Waals surface area (Å²) in [6.45, 7) is 4.95. The molecule has 17 heavy (non-hydrogen) atoms. The maximum absolute atomic E-state index is 12.1. The molecule has 1 aromatic carbocycles. The SMILES string of the molecule is CCCC1(O)CN(C(=O)c2cccc(C)c2)C1. The van der Waals surface area contributed by atoms with Gasteiger partial charge in [0, 0.05) is 5.56 Å². The number of hydrogen-bond acceptors (Lipinski definition) is 2. The van der Waals surface area contributed by atoms with Crippen LogP contribution in [0.25, 0.3) is 0 Å². The molecule has 1 aromatic rings. The van der Waals surface area contributed by atoms with Crippen molar-refractivity contribution >= 4 is 5.91 Å². The number of nitrogens with zero attached hydrogens (tertiary/aromatic N) is 1. The molecular weight excluding hydrogens is 214 g/mol. The molecule has 2 rings (SSSR count). The highest BCUT2D eigenvalue weighted by Gasteiger charge is 2.42. The maximum atomic E-state index is 12.1. The van der Waals surface area contributed by atoms with Crippen LogP contribution in [0.4, 0.5) is 0 Å². The van der Waals surface area contributed by atoms with E-state index in [1.165, 1.54) is 0 Å². The van der Waals surface area contributed by atoms with Crippen LogP contribution in [0.1, 0.15) is 35.7 Å². The summed E-state index contributed by atoms with van der Waals surface area (Å²) in [5.74, 6) is 0.0227. The Morgan fingerprint density at radius 2 is 2.18 bits per heavy atom. The van der Waals surface area contributed by atoms with E-state index in [1.54, 1.807) is 4.90 Å². The Balaban J connectivity index is 2.00. The van der Waals surface area contributed by atoms with E-state index >= 15 is 0 Å². The van der Waals surface area contributed by atoms with Crippen molar-refractivity contribution in [1.29, 1.82) is 0 Å². The highest BCUT2D eigenvalue weighted by atomic mass is 16.3. The number of hydrogen-bond donors (Lipinski definition) is 1. The fraction of sp³-hybridized carbons (Fsp3) is 0.500. The van der Waals surface area contributed by atoms with Crippen molar-refractivity contribution in [3.05, 3.63) is 35.4 Å². The third-order valence-corrected chi connectivity index (χ3v) is 3.24. The standard InChI is InChI=1S/C14H19NO2/c1-3-7-14(17)9-15(10-14)13(16)12-6-4-5-11(2)8-12/h4-6,8,17H,3,7,9-10H2,1-2H3. The second kappa shape index (κ2) is 4.49. The molecule has 0 bridgehead atoms. The molecule has 3 nitrogen and oxygen atoms in total. The Kier molecular flexibility index (Phi) is 3.20. The first kappa shape index (κ1) is 12.1. The van der Waals surface area contributed by atoms with Crippen LogP contribution >= 0.6 is 0 Å². The quantitative estimate of drug-likeness (QED) is 0.867. The van der Waals surface area contributed by atoms with Crippen molar-refractivity contribution in [1.82, 2.24) is 4.90 Å². The highest BCUT2D eigenvalue weighted by molar-refractivity contribution is 5.95. The molecular formula is C14H19NO2. The zero-order valence-electron chi connectivity index (χ0n) is 10.4. The lowest BCUT2D eigenvalue weighted by atomic mass is 9.88. The molecule has 1 fully saturated rings. The minimum Gasteiger partial charge on any atom is -0.386 e. The minimum atomic E-state index is -0.645. The zero-order valence-corrected chi connectivity index (χ0v) is 10.4. The summed E-state index contributed by atoms with van der Waals surface area (Å²) in [5.41, 5.74) is 1.15. The van der Waals surface area contributed by atoms with Gasteiger partial charge in [-0.1, -0.05) is 31.0 Å². The van der Waals surface area contributed by atoms with Gasteiger partial charge in [0.25, 0.3) is 5.91 Å². The average molecular weight is 233 g/mol. The molecule has 1 N–H and O–H groups in total. The second-order valence-corrected chi connectivity index (χ2v) is 5.01. The number of β-amino-alcohol motifs (C(OH)–C–C–N with tert-alkyl or cyclic N) is 1. The van der Waals surface area contributed by atoms with Gasteiger partial charge >= 0.3 is 0 Å². The molecule has 0 aromatic heterocycles. The van der Waals surface area contributed by atoms with E-state index in [9.17, 15) is 9.90 Å². The molecule has 1 aliphatic heterocycles. The van der Waals surface area contributed by atoms with Crippen molar-refractivity contribution in [2.45, 2.75) is 32.3 Å². The van der Waals surface area contributed by atoms with Gasteiger partial charge in [0.15, 0.2) is 0 Å². The lowest BCUT2D eigenvalue weighted by molar-refractivity contribution is -0.0860. The summed E-state index contributed by atoms with van der Waals surface area (Å²) >= 11 is 0. The van der Waals surface area contributed by atoms with Gasteiger partial charge in [0.1, 0.15) is 0 Å². The van der Waals surface area contributed by atoms with Crippen molar-refractivity contribution in [2.75, 3.05) is 13.1 Å². The van der Waals surface area contributed by atoms with Crippen LogP contribution in [0.3, 0.4) is 0 Å². The molecule has 3 heteroatoms. The normalized spacial score (nSPS) is 17.7. The van der Waals surface area contributed by atoms with Gasteiger partial charge in [0.05, 0.1) is 18.7 Å². The number of likely N-dealkylation sites (tertiary alicyclic amines) is 1. The largest absolute Gasteiger partial charge is 0.386 e. The number of rotatable bonds is 3. The molecule has 0 spiro atoms. The molecule has 0 aliphatic carbocycles. The van der Waals surface area contributed by atoms with E-state index in [4.69, 9.17) is 0 Å². The first-order chi connectivity index (χ1) is 8.04.